The summed E-state index contributed by atoms with van der Waals surface area (Å²) in [5, 5.41) is 22.9. The summed E-state index contributed by atoms with van der Waals surface area (Å²) in [7, 11) is 0. The highest BCUT2D eigenvalue weighted by Gasteiger charge is 2.17. The van der Waals surface area contributed by atoms with Gasteiger partial charge in [-0.25, -0.2) is 0 Å². The molecule has 0 heterocycles. The van der Waals surface area contributed by atoms with Crippen LogP contribution in [0.15, 0.2) is 36.5 Å². The van der Waals surface area contributed by atoms with Crippen molar-refractivity contribution in [3.63, 3.8) is 0 Å². The number of nitrogens with one attached hydrogen (secondary N) is 1. The quantitative estimate of drug-likeness (QED) is 0.0469. The predicted molar refractivity (Wildman–Crippen MR) is 202 cm³/mol. The van der Waals surface area contributed by atoms with Gasteiger partial charge in [0.05, 0.1) is 18.8 Å². The average Bonchev–Trinajstić information content (AvgIpc) is 3.06. The molecule has 46 heavy (non-hydrogen) atoms. The van der Waals surface area contributed by atoms with Crippen molar-refractivity contribution in [1.82, 2.24) is 5.32 Å². The van der Waals surface area contributed by atoms with Crippen LogP contribution in [-0.4, -0.2) is 34.9 Å². The molecule has 0 rings (SSSR count). The number of amides is 1. The minimum absolute atomic E-state index is 0.0826. The van der Waals surface area contributed by atoms with Crippen molar-refractivity contribution in [3.8, 4) is 0 Å². The van der Waals surface area contributed by atoms with Crippen LogP contribution in [-0.2, 0) is 4.79 Å². The van der Waals surface area contributed by atoms with Crippen molar-refractivity contribution in [2.75, 3.05) is 6.61 Å². The molecule has 270 valence electrons. The molecule has 4 heteroatoms. The average molecular weight is 646 g/mol. The third kappa shape index (κ3) is 34.0. The first-order valence-electron chi connectivity index (χ1n) is 20.2. The maximum atomic E-state index is 12.3. The van der Waals surface area contributed by atoms with Gasteiger partial charge in [-0.1, -0.05) is 179 Å². The van der Waals surface area contributed by atoms with Gasteiger partial charge in [-0.05, 0) is 57.8 Å². The zero-order chi connectivity index (χ0) is 33.6. The molecule has 0 aromatic rings. The zero-order valence-electron chi connectivity index (χ0n) is 30.8. The molecule has 0 aliphatic carbocycles. The number of carbonyl (C=O) groups is 1. The standard InChI is InChI=1S/C42H79NO3/c1-3-5-7-9-11-13-15-17-19-21-22-24-26-28-30-32-34-36-38-42(46)43-40(39-44)41(45)37-35-33-31-29-27-25-23-20-18-16-14-12-10-8-6-4-2/h22,24,27,29,35,37,40-41,44-45H,3-21,23,25-26,28,30-34,36,38-39H2,1-2H3,(H,43,46)/b24-22-,29-27+,37-35+. The van der Waals surface area contributed by atoms with Gasteiger partial charge in [-0.15, -0.1) is 0 Å². The van der Waals surface area contributed by atoms with E-state index in [0.29, 0.717) is 6.42 Å². The highest BCUT2D eigenvalue weighted by atomic mass is 16.3. The molecule has 0 fully saturated rings. The number of hydrogen-bond donors (Lipinski definition) is 3. The number of unbranched alkanes of at least 4 members (excludes halogenated alkanes) is 25. The summed E-state index contributed by atoms with van der Waals surface area (Å²) >= 11 is 0. The monoisotopic (exact) mass is 646 g/mol. The Morgan fingerprint density at radius 3 is 1.26 bits per heavy atom. The zero-order valence-corrected chi connectivity index (χ0v) is 30.8. The molecule has 0 spiro atoms. The molecular weight excluding hydrogens is 566 g/mol. The summed E-state index contributed by atoms with van der Waals surface area (Å²) in [6.45, 7) is 4.29. The normalized spacial score (nSPS) is 13.4. The van der Waals surface area contributed by atoms with Gasteiger partial charge in [0.15, 0.2) is 0 Å². The number of carbonyl (C=O) groups excluding carboxylic acids is 1. The van der Waals surface area contributed by atoms with Gasteiger partial charge >= 0.3 is 0 Å². The Balaban J connectivity index is 3.65. The Labute approximate surface area is 287 Å². The molecule has 0 radical (unpaired) electrons. The molecule has 1 amide bonds. The third-order valence-corrected chi connectivity index (χ3v) is 9.10. The predicted octanol–water partition coefficient (Wildman–Crippen LogP) is 12.2. The number of allylic oxidation sites excluding steroid dienone is 5. The minimum atomic E-state index is -0.863. The van der Waals surface area contributed by atoms with Crippen molar-refractivity contribution in [3.05, 3.63) is 36.5 Å². The second kappa shape index (κ2) is 38.1. The molecule has 0 aliphatic heterocycles. The summed E-state index contributed by atoms with van der Waals surface area (Å²) in [6.07, 6.45) is 49.5. The summed E-state index contributed by atoms with van der Waals surface area (Å²) < 4.78 is 0. The van der Waals surface area contributed by atoms with E-state index in [9.17, 15) is 15.0 Å². The summed E-state index contributed by atoms with van der Waals surface area (Å²) in [4.78, 5) is 12.3. The van der Waals surface area contributed by atoms with Crippen LogP contribution in [0.2, 0.25) is 0 Å². The van der Waals surface area contributed by atoms with E-state index < -0.39 is 12.1 Å². The van der Waals surface area contributed by atoms with E-state index in [1.807, 2.05) is 6.08 Å². The van der Waals surface area contributed by atoms with E-state index in [2.05, 4.69) is 43.5 Å². The van der Waals surface area contributed by atoms with E-state index in [4.69, 9.17) is 0 Å². The van der Waals surface area contributed by atoms with Crippen LogP contribution in [0.3, 0.4) is 0 Å². The molecular formula is C42H79NO3. The second-order valence-electron chi connectivity index (χ2n) is 13.7. The molecule has 4 nitrogen and oxygen atoms in total. The number of rotatable bonds is 36. The summed E-state index contributed by atoms with van der Waals surface area (Å²) in [5.41, 5.74) is 0. The molecule has 0 bridgehead atoms. The van der Waals surface area contributed by atoms with E-state index in [1.165, 1.54) is 141 Å². The topological polar surface area (TPSA) is 69.6 Å². The van der Waals surface area contributed by atoms with Crippen LogP contribution in [0.4, 0.5) is 0 Å². The Morgan fingerprint density at radius 1 is 0.500 bits per heavy atom. The largest absolute Gasteiger partial charge is 0.394 e. The highest BCUT2D eigenvalue weighted by Crippen LogP contribution is 2.13. The summed E-state index contributed by atoms with van der Waals surface area (Å²) in [6, 6.07) is -0.641. The lowest BCUT2D eigenvalue weighted by atomic mass is 10.1. The fourth-order valence-corrected chi connectivity index (χ4v) is 5.95. The first-order chi connectivity index (χ1) is 22.7. The molecule has 0 aliphatic rings. The second-order valence-corrected chi connectivity index (χ2v) is 13.7. The van der Waals surface area contributed by atoms with Gasteiger partial charge in [0.2, 0.25) is 5.91 Å². The minimum Gasteiger partial charge on any atom is -0.394 e. The van der Waals surface area contributed by atoms with Gasteiger partial charge in [0.1, 0.15) is 0 Å². The molecule has 0 aromatic carbocycles. The highest BCUT2D eigenvalue weighted by molar-refractivity contribution is 5.76. The molecule has 2 atom stereocenters. The molecule has 0 aromatic heterocycles. The lowest BCUT2D eigenvalue weighted by Gasteiger charge is -2.19. The van der Waals surface area contributed by atoms with Crippen LogP contribution >= 0.6 is 0 Å². The molecule has 0 saturated carbocycles. The fourth-order valence-electron chi connectivity index (χ4n) is 5.95. The lowest BCUT2D eigenvalue weighted by molar-refractivity contribution is -0.123. The van der Waals surface area contributed by atoms with E-state index in [1.54, 1.807) is 6.08 Å². The van der Waals surface area contributed by atoms with Crippen molar-refractivity contribution in [2.45, 2.75) is 219 Å². The van der Waals surface area contributed by atoms with Crippen LogP contribution in [0.5, 0.6) is 0 Å². The van der Waals surface area contributed by atoms with Crippen molar-refractivity contribution in [1.29, 1.82) is 0 Å². The molecule has 3 N–H and O–H groups in total. The van der Waals surface area contributed by atoms with Crippen molar-refractivity contribution >= 4 is 5.91 Å². The van der Waals surface area contributed by atoms with Crippen LogP contribution in [0, 0.1) is 0 Å². The Bertz CT molecular complexity index is 701. The number of aliphatic hydroxyl groups is 2. The Hall–Kier alpha value is -1.39. The van der Waals surface area contributed by atoms with Crippen molar-refractivity contribution < 1.29 is 15.0 Å². The van der Waals surface area contributed by atoms with Crippen LogP contribution < -0.4 is 5.32 Å². The van der Waals surface area contributed by atoms with Gasteiger partial charge in [-0.3, -0.25) is 4.79 Å². The van der Waals surface area contributed by atoms with Gasteiger partial charge in [-0.2, -0.15) is 0 Å². The van der Waals surface area contributed by atoms with Gasteiger partial charge in [0, 0.05) is 6.42 Å². The SMILES string of the molecule is CCCCCCCCCCC/C=C\CCCCCCCC(=O)NC(CO)C(O)/C=C/CC/C=C/CCCCCCCCCCCC. The fraction of sp³-hybridized carbons (Fsp3) is 0.833. The maximum Gasteiger partial charge on any atom is 0.220 e. The van der Waals surface area contributed by atoms with Gasteiger partial charge in [0.25, 0.3) is 0 Å². The first kappa shape index (κ1) is 44.6. The van der Waals surface area contributed by atoms with Gasteiger partial charge < -0.3 is 15.5 Å². The molecule has 2 unspecified atom stereocenters. The maximum absolute atomic E-state index is 12.3. The smallest absolute Gasteiger partial charge is 0.220 e. The van der Waals surface area contributed by atoms with E-state index >= 15 is 0 Å². The number of aliphatic hydroxyl groups excluding tert-OH is 2. The van der Waals surface area contributed by atoms with E-state index in [0.717, 1.165) is 44.9 Å². The van der Waals surface area contributed by atoms with Crippen LogP contribution in [0.1, 0.15) is 206 Å². The van der Waals surface area contributed by atoms with E-state index in [-0.39, 0.29) is 12.5 Å². The summed E-state index contributed by atoms with van der Waals surface area (Å²) in [5.74, 6) is -0.0826. The molecule has 0 saturated heterocycles. The van der Waals surface area contributed by atoms with Crippen molar-refractivity contribution in [2.24, 2.45) is 0 Å². The number of hydrogen-bond acceptors (Lipinski definition) is 3. The first-order valence-corrected chi connectivity index (χ1v) is 20.2. The lowest BCUT2D eigenvalue weighted by Crippen LogP contribution is -2.45. The Kier molecular flexibility index (Phi) is 36.9. The third-order valence-electron chi connectivity index (χ3n) is 9.10. The van der Waals surface area contributed by atoms with Crippen LogP contribution in [0.25, 0.3) is 0 Å². The Morgan fingerprint density at radius 2 is 0.848 bits per heavy atom.